The van der Waals surface area contributed by atoms with Crippen molar-refractivity contribution in [3.8, 4) is 6.07 Å². The molecule has 0 aromatic heterocycles. The van der Waals surface area contributed by atoms with Crippen LogP contribution in [0.25, 0.3) is 10.8 Å². The summed E-state index contributed by atoms with van der Waals surface area (Å²) in [6, 6.07) is 20.5. The second-order valence-corrected chi connectivity index (χ2v) is 9.35. The summed E-state index contributed by atoms with van der Waals surface area (Å²) in [5.41, 5.74) is 2.29. The molecule has 1 aliphatic rings. The zero-order valence-corrected chi connectivity index (χ0v) is 19.5. The molecule has 3 aromatic rings. The van der Waals surface area contributed by atoms with E-state index in [1.54, 1.807) is 4.90 Å². The van der Waals surface area contributed by atoms with E-state index in [2.05, 4.69) is 18.0 Å². The Labute approximate surface area is 195 Å². The van der Waals surface area contributed by atoms with E-state index in [9.17, 15) is 14.4 Å². The van der Waals surface area contributed by atoms with E-state index in [1.165, 1.54) is 12.1 Å². The summed E-state index contributed by atoms with van der Waals surface area (Å²) in [5.74, 6) is -0.203. The number of nitriles is 1. The topological polar surface area (TPSA) is 47.3 Å². The molecule has 1 fully saturated rings. The Hall–Kier alpha value is -3.23. The number of piperidine rings is 1. The predicted octanol–water partition coefficient (Wildman–Crippen LogP) is 5.42. The number of hydrogen-bond acceptors (Lipinski definition) is 3. The molecule has 4 rings (SSSR count). The molecular formula is C28H30FN3O. The van der Waals surface area contributed by atoms with E-state index in [1.807, 2.05) is 62.5 Å². The van der Waals surface area contributed by atoms with Crippen molar-refractivity contribution in [3.63, 3.8) is 0 Å². The van der Waals surface area contributed by atoms with E-state index < -0.39 is 0 Å². The molecule has 33 heavy (non-hydrogen) atoms. The third-order valence-electron chi connectivity index (χ3n) is 7.34. The summed E-state index contributed by atoms with van der Waals surface area (Å²) in [6.07, 6.45) is 2.09. The Balaban J connectivity index is 1.64. The molecule has 0 spiro atoms. The lowest BCUT2D eigenvalue weighted by atomic mass is 9.70. The van der Waals surface area contributed by atoms with Crippen LogP contribution in [0.4, 0.5) is 4.39 Å². The quantitative estimate of drug-likeness (QED) is 0.529. The fourth-order valence-corrected chi connectivity index (χ4v) is 5.01. The van der Waals surface area contributed by atoms with Gasteiger partial charge in [-0.2, -0.15) is 5.26 Å². The van der Waals surface area contributed by atoms with Gasteiger partial charge < -0.3 is 9.80 Å². The van der Waals surface area contributed by atoms with Gasteiger partial charge >= 0.3 is 0 Å². The molecule has 1 atom stereocenters. The number of benzene rings is 3. The Kier molecular flexibility index (Phi) is 6.49. The van der Waals surface area contributed by atoms with Crippen molar-refractivity contribution in [2.75, 3.05) is 27.2 Å². The van der Waals surface area contributed by atoms with Crippen molar-refractivity contribution in [2.45, 2.75) is 37.6 Å². The van der Waals surface area contributed by atoms with Gasteiger partial charge in [0.25, 0.3) is 0 Å². The summed E-state index contributed by atoms with van der Waals surface area (Å²) in [4.78, 5) is 17.7. The summed E-state index contributed by atoms with van der Waals surface area (Å²) < 4.78 is 13.6. The van der Waals surface area contributed by atoms with Gasteiger partial charge in [-0.05, 0) is 86.1 Å². The van der Waals surface area contributed by atoms with Crippen LogP contribution in [0.1, 0.15) is 48.9 Å². The molecule has 4 nitrogen and oxygen atoms in total. The summed E-state index contributed by atoms with van der Waals surface area (Å²) in [5, 5.41) is 11.6. The average Bonchev–Trinajstić information content (AvgIpc) is 2.84. The van der Waals surface area contributed by atoms with Crippen molar-refractivity contribution in [2.24, 2.45) is 0 Å². The zero-order chi connectivity index (χ0) is 23.6. The predicted molar refractivity (Wildman–Crippen MR) is 129 cm³/mol. The number of halogens is 1. The summed E-state index contributed by atoms with van der Waals surface area (Å²) in [6.45, 7) is 3.82. The average molecular weight is 444 g/mol. The molecule has 0 bridgehead atoms. The number of carbonyl (C=O) groups is 1. The zero-order valence-electron chi connectivity index (χ0n) is 19.5. The van der Waals surface area contributed by atoms with Gasteiger partial charge in [0.1, 0.15) is 5.82 Å². The van der Waals surface area contributed by atoms with E-state index in [0.717, 1.165) is 47.8 Å². The molecule has 3 aromatic carbocycles. The van der Waals surface area contributed by atoms with E-state index in [4.69, 9.17) is 0 Å². The largest absolute Gasteiger partial charge is 0.339 e. The third-order valence-corrected chi connectivity index (χ3v) is 7.34. The Morgan fingerprint density at radius 1 is 1.15 bits per heavy atom. The Morgan fingerprint density at radius 2 is 1.82 bits per heavy atom. The summed E-state index contributed by atoms with van der Waals surface area (Å²) >= 11 is 0. The van der Waals surface area contributed by atoms with Gasteiger partial charge in [-0.15, -0.1) is 0 Å². The van der Waals surface area contributed by atoms with Crippen LogP contribution in [0.2, 0.25) is 0 Å². The standard InChI is InChI=1S/C28H30FN3O/c1-20(26-17-21(19-30)16-22-6-4-5-7-25(22)26)32(3)27(33)18-28(12-14-31(2)15-13-28)23-8-10-24(29)11-9-23/h4-11,16-17,20H,12-15,18H2,1-3H3. The number of carbonyl (C=O) groups excluding carboxylic acids is 1. The smallest absolute Gasteiger partial charge is 0.223 e. The fourth-order valence-electron chi connectivity index (χ4n) is 5.01. The molecule has 5 heteroatoms. The van der Waals surface area contributed by atoms with Crippen molar-refractivity contribution in [3.05, 3.63) is 83.2 Å². The molecule has 0 saturated carbocycles. The number of nitrogens with zero attached hydrogens (tertiary/aromatic N) is 3. The SMILES string of the molecule is CC(c1cc(C#N)cc2ccccc12)N(C)C(=O)CC1(c2ccc(F)cc2)CCN(C)CC1. The van der Waals surface area contributed by atoms with Crippen LogP contribution in [0.5, 0.6) is 0 Å². The van der Waals surface area contributed by atoms with Gasteiger partial charge in [-0.3, -0.25) is 4.79 Å². The van der Waals surface area contributed by atoms with Crippen LogP contribution < -0.4 is 0 Å². The molecule has 170 valence electrons. The minimum absolute atomic E-state index is 0.0582. The maximum atomic E-state index is 13.6. The minimum atomic E-state index is -0.304. The maximum absolute atomic E-state index is 13.6. The van der Waals surface area contributed by atoms with Gasteiger partial charge in [0.05, 0.1) is 17.7 Å². The Morgan fingerprint density at radius 3 is 2.48 bits per heavy atom. The van der Waals surface area contributed by atoms with Crippen LogP contribution in [0.15, 0.2) is 60.7 Å². The molecular weight excluding hydrogens is 413 g/mol. The van der Waals surface area contributed by atoms with Gasteiger partial charge in [0, 0.05) is 18.9 Å². The molecule has 0 N–H and O–H groups in total. The van der Waals surface area contributed by atoms with E-state index in [0.29, 0.717) is 12.0 Å². The van der Waals surface area contributed by atoms with Crippen molar-refractivity contribution >= 4 is 16.7 Å². The number of fused-ring (bicyclic) bond motifs is 1. The van der Waals surface area contributed by atoms with Crippen LogP contribution in [0.3, 0.4) is 0 Å². The van der Waals surface area contributed by atoms with Crippen molar-refractivity contribution in [1.29, 1.82) is 5.26 Å². The highest BCUT2D eigenvalue weighted by Gasteiger charge is 2.38. The lowest BCUT2D eigenvalue weighted by Gasteiger charge is -2.42. The fraction of sp³-hybridized carbons (Fsp3) is 0.357. The minimum Gasteiger partial charge on any atom is -0.339 e. The lowest BCUT2D eigenvalue weighted by molar-refractivity contribution is -0.133. The first kappa shape index (κ1) is 22.9. The highest BCUT2D eigenvalue weighted by atomic mass is 19.1. The second kappa shape index (κ2) is 9.33. The second-order valence-electron chi connectivity index (χ2n) is 9.35. The first-order chi connectivity index (χ1) is 15.8. The van der Waals surface area contributed by atoms with Gasteiger partial charge in [-0.25, -0.2) is 4.39 Å². The number of amides is 1. The van der Waals surface area contributed by atoms with Crippen LogP contribution in [-0.2, 0) is 10.2 Å². The molecule has 1 amide bonds. The summed E-state index contributed by atoms with van der Waals surface area (Å²) in [7, 11) is 3.94. The molecule has 0 aliphatic carbocycles. The number of likely N-dealkylation sites (tertiary alicyclic amines) is 1. The van der Waals surface area contributed by atoms with Gasteiger partial charge in [0.2, 0.25) is 5.91 Å². The third kappa shape index (κ3) is 4.62. The lowest BCUT2D eigenvalue weighted by Crippen LogP contribution is -2.44. The van der Waals surface area contributed by atoms with Gasteiger partial charge in [-0.1, -0.05) is 36.4 Å². The first-order valence-electron chi connectivity index (χ1n) is 11.5. The van der Waals surface area contributed by atoms with Crippen molar-refractivity contribution < 1.29 is 9.18 Å². The normalized spacial score (nSPS) is 16.8. The van der Waals surface area contributed by atoms with Crippen LogP contribution in [0, 0.1) is 17.1 Å². The van der Waals surface area contributed by atoms with Gasteiger partial charge in [0.15, 0.2) is 0 Å². The molecule has 1 saturated heterocycles. The van der Waals surface area contributed by atoms with E-state index >= 15 is 0 Å². The van der Waals surface area contributed by atoms with Crippen molar-refractivity contribution in [1.82, 2.24) is 9.80 Å². The molecule has 1 unspecified atom stereocenters. The van der Waals surface area contributed by atoms with E-state index in [-0.39, 0.29) is 23.2 Å². The maximum Gasteiger partial charge on any atom is 0.223 e. The molecule has 1 aliphatic heterocycles. The number of hydrogen-bond donors (Lipinski definition) is 0. The highest BCUT2D eigenvalue weighted by molar-refractivity contribution is 5.88. The molecule has 1 heterocycles. The highest BCUT2D eigenvalue weighted by Crippen LogP contribution is 2.40. The Bertz CT molecular complexity index is 1190. The van der Waals surface area contributed by atoms with Crippen LogP contribution in [-0.4, -0.2) is 42.9 Å². The monoisotopic (exact) mass is 443 g/mol. The first-order valence-corrected chi connectivity index (χ1v) is 11.5. The van der Waals surface area contributed by atoms with Crippen LogP contribution >= 0.6 is 0 Å². The number of rotatable bonds is 5. The molecule has 0 radical (unpaired) electrons.